The van der Waals surface area contributed by atoms with Crippen LogP contribution in [-0.2, 0) is 14.3 Å². The van der Waals surface area contributed by atoms with Crippen molar-refractivity contribution in [1.29, 1.82) is 0 Å². The molecule has 1 aliphatic rings. The summed E-state index contributed by atoms with van der Waals surface area (Å²) in [5, 5.41) is 2.89. The number of nitrogens with zero attached hydrogens (tertiary/aromatic N) is 2. The van der Waals surface area contributed by atoms with Gasteiger partial charge < -0.3 is 19.9 Å². The quantitative estimate of drug-likeness (QED) is 0.820. The van der Waals surface area contributed by atoms with E-state index in [1.54, 1.807) is 9.80 Å². The SMILES string of the molecule is CC(C)CC(=O)NC(C(=O)N1CCN(C(=O)OC(C)(C)C)CC1)c1ccccc1. The van der Waals surface area contributed by atoms with Gasteiger partial charge in [-0.1, -0.05) is 44.2 Å². The van der Waals surface area contributed by atoms with Gasteiger partial charge in [-0.3, -0.25) is 9.59 Å². The highest BCUT2D eigenvalue weighted by Gasteiger charge is 2.32. The van der Waals surface area contributed by atoms with E-state index in [1.807, 2.05) is 65.0 Å². The van der Waals surface area contributed by atoms with Crippen LogP contribution in [-0.4, -0.2) is 59.5 Å². The average Bonchev–Trinajstić information content (AvgIpc) is 2.64. The summed E-state index contributed by atoms with van der Waals surface area (Å²) >= 11 is 0. The molecule has 0 spiro atoms. The number of benzene rings is 1. The Bertz CT molecular complexity index is 705. The number of rotatable bonds is 5. The molecule has 1 atom stereocenters. The third-order valence-corrected chi connectivity index (χ3v) is 4.52. The van der Waals surface area contributed by atoms with Crippen molar-refractivity contribution in [3.05, 3.63) is 35.9 Å². The molecule has 1 fully saturated rings. The Balaban J connectivity index is 2.04. The molecule has 1 heterocycles. The third-order valence-electron chi connectivity index (χ3n) is 4.52. The van der Waals surface area contributed by atoms with Crippen LogP contribution in [0.25, 0.3) is 0 Å². The summed E-state index contributed by atoms with van der Waals surface area (Å²) < 4.78 is 5.41. The molecular weight excluding hydrogens is 370 g/mol. The van der Waals surface area contributed by atoms with Crippen molar-refractivity contribution >= 4 is 17.9 Å². The fourth-order valence-corrected chi connectivity index (χ4v) is 3.14. The molecule has 29 heavy (non-hydrogen) atoms. The summed E-state index contributed by atoms with van der Waals surface area (Å²) in [4.78, 5) is 41.1. The maximum Gasteiger partial charge on any atom is 0.410 e. The summed E-state index contributed by atoms with van der Waals surface area (Å²) in [5.41, 5.74) is 0.201. The topological polar surface area (TPSA) is 79.0 Å². The minimum Gasteiger partial charge on any atom is -0.444 e. The zero-order chi connectivity index (χ0) is 21.6. The number of hydrogen-bond donors (Lipinski definition) is 1. The van der Waals surface area contributed by atoms with Crippen molar-refractivity contribution in [2.45, 2.75) is 52.7 Å². The first kappa shape index (κ1) is 22.7. The summed E-state index contributed by atoms with van der Waals surface area (Å²) in [5.74, 6) is -0.0920. The van der Waals surface area contributed by atoms with Crippen LogP contribution in [0.15, 0.2) is 30.3 Å². The Morgan fingerprint density at radius 3 is 2.07 bits per heavy atom. The van der Waals surface area contributed by atoms with Crippen LogP contribution in [0, 0.1) is 5.92 Å². The summed E-state index contributed by atoms with van der Waals surface area (Å²) in [7, 11) is 0. The van der Waals surface area contributed by atoms with Gasteiger partial charge in [0.25, 0.3) is 0 Å². The minimum absolute atomic E-state index is 0.144. The molecule has 2 rings (SSSR count). The molecule has 1 N–H and O–H groups in total. The fraction of sp³-hybridized carbons (Fsp3) is 0.591. The molecule has 1 saturated heterocycles. The molecular formula is C22H33N3O4. The number of piperazine rings is 1. The Kier molecular flexibility index (Phi) is 7.65. The fourth-order valence-electron chi connectivity index (χ4n) is 3.14. The first-order valence-electron chi connectivity index (χ1n) is 10.2. The second-order valence-corrected chi connectivity index (χ2v) is 8.80. The van der Waals surface area contributed by atoms with Crippen LogP contribution < -0.4 is 5.32 Å². The van der Waals surface area contributed by atoms with Gasteiger partial charge in [-0.05, 0) is 32.3 Å². The van der Waals surface area contributed by atoms with E-state index in [4.69, 9.17) is 4.74 Å². The number of amides is 3. The van der Waals surface area contributed by atoms with Gasteiger partial charge in [-0.25, -0.2) is 4.79 Å². The first-order chi connectivity index (χ1) is 13.6. The summed E-state index contributed by atoms with van der Waals surface area (Å²) in [6, 6.07) is 8.54. The molecule has 0 radical (unpaired) electrons. The van der Waals surface area contributed by atoms with E-state index in [0.717, 1.165) is 5.56 Å². The predicted molar refractivity (Wildman–Crippen MR) is 111 cm³/mol. The largest absolute Gasteiger partial charge is 0.444 e. The van der Waals surface area contributed by atoms with E-state index in [2.05, 4.69) is 5.32 Å². The van der Waals surface area contributed by atoms with Crippen molar-refractivity contribution in [2.75, 3.05) is 26.2 Å². The molecule has 3 amide bonds. The van der Waals surface area contributed by atoms with Crippen molar-refractivity contribution in [3.63, 3.8) is 0 Å². The van der Waals surface area contributed by atoms with Gasteiger partial charge in [-0.2, -0.15) is 0 Å². The van der Waals surface area contributed by atoms with Crippen LogP contribution in [0.3, 0.4) is 0 Å². The molecule has 1 aromatic rings. The molecule has 0 saturated carbocycles. The number of carbonyl (C=O) groups is 3. The van der Waals surface area contributed by atoms with E-state index in [-0.39, 0.29) is 23.8 Å². The molecule has 1 aliphatic heterocycles. The van der Waals surface area contributed by atoms with Gasteiger partial charge in [0, 0.05) is 32.6 Å². The molecule has 1 aromatic carbocycles. The Morgan fingerprint density at radius 2 is 1.55 bits per heavy atom. The monoisotopic (exact) mass is 403 g/mol. The molecule has 7 heteroatoms. The van der Waals surface area contributed by atoms with Gasteiger partial charge in [-0.15, -0.1) is 0 Å². The summed E-state index contributed by atoms with van der Waals surface area (Å²) in [6.07, 6.45) is -0.00213. The molecule has 0 aromatic heterocycles. The van der Waals surface area contributed by atoms with Gasteiger partial charge in [0.1, 0.15) is 11.6 Å². The molecule has 160 valence electrons. The van der Waals surface area contributed by atoms with Crippen LogP contribution in [0.4, 0.5) is 4.79 Å². The van der Waals surface area contributed by atoms with E-state index in [0.29, 0.717) is 32.6 Å². The lowest BCUT2D eigenvalue weighted by molar-refractivity contribution is -0.138. The minimum atomic E-state index is -0.726. The van der Waals surface area contributed by atoms with E-state index < -0.39 is 11.6 Å². The Hall–Kier alpha value is -2.57. The third kappa shape index (κ3) is 7.07. The average molecular weight is 404 g/mol. The van der Waals surface area contributed by atoms with E-state index in [9.17, 15) is 14.4 Å². The normalized spacial score (nSPS) is 15.8. The van der Waals surface area contributed by atoms with Gasteiger partial charge >= 0.3 is 6.09 Å². The second-order valence-electron chi connectivity index (χ2n) is 8.80. The highest BCUT2D eigenvalue weighted by atomic mass is 16.6. The maximum atomic E-state index is 13.2. The highest BCUT2D eigenvalue weighted by molar-refractivity contribution is 5.89. The summed E-state index contributed by atoms with van der Waals surface area (Å²) in [6.45, 7) is 11.0. The Morgan fingerprint density at radius 1 is 1.00 bits per heavy atom. The number of ether oxygens (including phenoxy) is 1. The van der Waals surface area contributed by atoms with E-state index in [1.165, 1.54) is 0 Å². The molecule has 0 aliphatic carbocycles. The van der Waals surface area contributed by atoms with Gasteiger partial charge in [0.15, 0.2) is 0 Å². The second kappa shape index (κ2) is 9.76. The van der Waals surface area contributed by atoms with Crippen LogP contribution in [0.2, 0.25) is 0 Å². The van der Waals surface area contributed by atoms with Crippen LogP contribution in [0.5, 0.6) is 0 Å². The first-order valence-corrected chi connectivity index (χ1v) is 10.2. The van der Waals surface area contributed by atoms with Crippen molar-refractivity contribution in [1.82, 2.24) is 15.1 Å². The van der Waals surface area contributed by atoms with Gasteiger partial charge in [0.05, 0.1) is 0 Å². The lowest BCUT2D eigenvalue weighted by Crippen LogP contribution is -2.54. The molecule has 7 nitrogen and oxygen atoms in total. The Labute approximate surface area is 173 Å². The number of nitrogens with one attached hydrogen (secondary N) is 1. The lowest BCUT2D eigenvalue weighted by atomic mass is 10.0. The zero-order valence-electron chi connectivity index (χ0n) is 18.1. The smallest absolute Gasteiger partial charge is 0.410 e. The number of carbonyl (C=O) groups excluding carboxylic acids is 3. The number of hydrogen-bond acceptors (Lipinski definition) is 4. The van der Waals surface area contributed by atoms with E-state index >= 15 is 0 Å². The predicted octanol–water partition coefficient (Wildman–Crippen LogP) is 2.97. The van der Waals surface area contributed by atoms with Crippen LogP contribution >= 0.6 is 0 Å². The maximum absolute atomic E-state index is 13.2. The highest BCUT2D eigenvalue weighted by Crippen LogP contribution is 2.19. The lowest BCUT2D eigenvalue weighted by Gasteiger charge is -2.37. The molecule has 0 bridgehead atoms. The van der Waals surface area contributed by atoms with Crippen LogP contribution in [0.1, 0.15) is 52.6 Å². The van der Waals surface area contributed by atoms with Gasteiger partial charge in [0.2, 0.25) is 11.8 Å². The van der Waals surface area contributed by atoms with Crippen molar-refractivity contribution in [3.8, 4) is 0 Å². The van der Waals surface area contributed by atoms with Crippen molar-refractivity contribution in [2.24, 2.45) is 5.92 Å². The van der Waals surface area contributed by atoms with Crippen molar-refractivity contribution < 1.29 is 19.1 Å². The molecule has 1 unspecified atom stereocenters. The standard InChI is InChI=1S/C22H33N3O4/c1-16(2)15-18(26)23-19(17-9-7-6-8-10-17)20(27)24-11-13-25(14-12-24)21(28)29-22(3,4)5/h6-10,16,19H,11-15H2,1-5H3,(H,23,26). The zero-order valence-corrected chi connectivity index (χ0v) is 18.1.